The van der Waals surface area contributed by atoms with Crippen LogP contribution in [0.25, 0.3) is 11.3 Å². The highest BCUT2D eigenvalue weighted by Gasteiger charge is 2.14. The van der Waals surface area contributed by atoms with Gasteiger partial charge in [-0.25, -0.2) is 19.7 Å². The van der Waals surface area contributed by atoms with Gasteiger partial charge in [0.15, 0.2) is 0 Å². The summed E-state index contributed by atoms with van der Waals surface area (Å²) in [5.41, 5.74) is 1.40. The SMILES string of the molecule is CCOc1ccc(-c2ccnc(NCc3nccn3C)n2)cc1C(=O)O. The van der Waals surface area contributed by atoms with Crippen molar-refractivity contribution >= 4 is 11.9 Å². The van der Waals surface area contributed by atoms with E-state index in [1.165, 1.54) is 0 Å². The highest BCUT2D eigenvalue weighted by molar-refractivity contribution is 5.92. The Morgan fingerprint density at radius 3 is 2.81 bits per heavy atom. The maximum Gasteiger partial charge on any atom is 0.339 e. The molecule has 0 saturated heterocycles. The van der Waals surface area contributed by atoms with Crippen LogP contribution < -0.4 is 10.1 Å². The summed E-state index contributed by atoms with van der Waals surface area (Å²) in [6.45, 7) is 2.69. The van der Waals surface area contributed by atoms with Crippen molar-refractivity contribution in [3.8, 4) is 17.0 Å². The maximum absolute atomic E-state index is 11.5. The second-order valence-electron chi connectivity index (χ2n) is 5.52. The second kappa shape index (κ2) is 7.64. The molecule has 0 aliphatic heterocycles. The van der Waals surface area contributed by atoms with E-state index in [0.717, 1.165) is 5.82 Å². The van der Waals surface area contributed by atoms with E-state index in [4.69, 9.17) is 4.74 Å². The third-order valence-electron chi connectivity index (χ3n) is 3.79. The molecule has 2 aromatic heterocycles. The van der Waals surface area contributed by atoms with Gasteiger partial charge in [-0.15, -0.1) is 0 Å². The van der Waals surface area contributed by atoms with E-state index < -0.39 is 5.97 Å². The minimum atomic E-state index is -1.04. The van der Waals surface area contributed by atoms with Crippen LogP contribution in [0.3, 0.4) is 0 Å². The molecule has 8 nitrogen and oxygen atoms in total. The van der Waals surface area contributed by atoms with Crippen LogP contribution >= 0.6 is 0 Å². The maximum atomic E-state index is 11.5. The summed E-state index contributed by atoms with van der Waals surface area (Å²) in [5.74, 6) is 0.591. The molecule has 0 aliphatic rings. The summed E-state index contributed by atoms with van der Waals surface area (Å²) < 4.78 is 7.27. The summed E-state index contributed by atoms with van der Waals surface area (Å²) >= 11 is 0. The van der Waals surface area contributed by atoms with Gasteiger partial charge in [-0.1, -0.05) is 0 Å². The number of aromatic carboxylic acids is 1. The van der Waals surface area contributed by atoms with Gasteiger partial charge >= 0.3 is 5.97 Å². The molecule has 0 spiro atoms. The number of carboxylic acids is 1. The number of imidazole rings is 1. The minimum absolute atomic E-state index is 0.102. The average molecular weight is 353 g/mol. The van der Waals surface area contributed by atoms with Crippen molar-refractivity contribution in [3.63, 3.8) is 0 Å². The van der Waals surface area contributed by atoms with E-state index in [2.05, 4.69) is 20.3 Å². The fraction of sp³-hybridized carbons (Fsp3) is 0.222. The zero-order chi connectivity index (χ0) is 18.5. The van der Waals surface area contributed by atoms with Crippen molar-refractivity contribution < 1.29 is 14.6 Å². The lowest BCUT2D eigenvalue weighted by Gasteiger charge is -2.10. The van der Waals surface area contributed by atoms with Crippen LogP contribution in [0.5, 0.6) is 5.75 Å². The third kappa shape index (κ3) is 3.80. The molecule has 3 rings (SSSR count). The summed E-state index contributed by atoms with van der Waals surface area (Å²) in [6, 6.07) is 6.71. The van der Waals surface area contributed by atoms with E-state index >= 15 is 0 Å². The van der Waals surface area contributed by atoms with Gasteiger partial charge in [0.1, 0.15) is 17.1 Å². The average Bonchev–Trinajstić information content (AvgIpc) is 3.05. The molecule has 0 unspecified atom stereocenters. The zero-order valence-corrected chi connectivity index (χ0v) is 14.5. The predicted molar refractivity (Wildman–Crippen MR) is 96.1 cm³/mol. The van der Waals surface area contributed by atoms with Crippen molar-refractivity contribution in [3.05, 3.63) is 54.2 Å². The Balaban J connectivity index is 1.84. The molecule has 0 amide bonds. The molecule has 0 radical (unpaired) electrons. The molecule has 0 atom stereocenters. The summed E-state index contributed by atoms with van der Waals surface area (Å²) in [4.78, 5) is 24.4. The number of anilines is 1. The standard InChI is InChI=1S/C18H19N5O3/c1-3-26-15-5-4-12(10-13(15)17(24)25)14-6-7-20-18(22-14)21-11-16-19-8-9-23(16)2/h4-10H,3,11H2,1-2H3,(H,24,25)(H,20,21,22). The molecular weight excluding hydrogens is 334 g/mol. The molecule has 0 aliphatic carbocycles. The molecule has 0 bridgehead atoms. The fourth-order valence-electron chi connectivity index (χ4n) is 2.47. The fourth-order valence-corrected chi connectivity index (χ4v) is 2.47. The monoisotopic (exact) mass is 353 g/mol. The van der Waals surface area contributed by atoms with Gasteiger partial charge in [-0.05, 0) is 31.2 Å². The van der Waals surface area contributed by atoms with E-state index in [-0.39, 0.29) is 5.56 Å². The van der Waals surface area contributed by atoms with Gasteiger partial charge < -0.3 is 19.7 Å². The molecular formula is C18H19N5O3. The Morgan fingerprint density at radius 2 is 2.12 bits per heavy atom. The number of hydrogen-bond acceptors (Lipinski definition) is 6. The van der Waals surface area contributed by atoms with Crippen LogP contribution in [0.1, 0.15) is 23.1 Å². The molecule has 0 saturated carbocycles. The first kappa shape index (κ1) is 17.4. The van der Waals surface area contributed by atoms with Gasteiger partial charge in [0.2, 0.25) is 5.95 Å². The number of carboxylic acid groups (broad SMARTS) is 1. The lowest BCUT2D eigenvalue weighted by molar-refractivity contribution is 0.0692. The van der Waals surface area contributed by atoms with E-state index in [1.54, 1.807) is 36.7 Å². The largest absolute Gasteiger partial charge is 0.493 e. The van der Waals surface area contributed by atoms with Gasteiger partial charge in [-0.3, -0.25) is 0 Å². The number of aryl methyl sites for hydroxylation is 1. The van der Waals surface area contributed by atoms with Gasteiger partial charge in [-0.2, -0.15) is 0 Å². The second-order valence-corrected chi connectivity index (χ2v) is 5.52. The predicted octanol–water partition coefficient (Wildman–Crippen LogP) is 2.59. The van der Waals surface area contributed by atoms with Crippen molar-refractivity contribution in [2.24, 2.45) is 7.05 Å². The number of nitrogens with one attached hydrogen (secondary N) is 1. The Hall–Kier alpha value is -3.42. The van der Waals surface area contributed by atoms with Crippen LogP contribution in [0.15, 0.2) is 42.9 Å². The van der Waals surface area contributed by atoms with Gasteiger partial charge in [0.25, 0.3) is 0 Å². The highest BCUT2D eigenvalue weighted by atomic mass is 16.5. The highest BCUT2D eigenvalue weighted by Crippen LogP contribution is 2.26. The number of aromatic nitrogens is 4. The Kier molecular flexibility index (Phi) is 5.12. The lowest BCUT2D eigenvalue weighted by atomic mass is 10.1. The molecule has 8 heteroatoms. The van der Waals surface area contributed by atoms with E-state index in [0.29, 0.717) is 36.1 Å². The number of ether oxygens (including phenoxy) is 1. The lowest BCUT2D eigenvalue weighted by Crippen LogP contribution is -2.08. The number of benzene rings is 1. The molecule has 1 aromatic carbocycles. The topological polar surface area (TPSA) is 102 Å². The molecule has 0 fully saturated rings. The first-order valence-electron chi connectivity index (χ1n) is 8.12. The van der Waals surface area contributed by atoms with E-state index in [1.807, 2.05) is 24.7 Å². The molecule has 2 N–H and O–H groups in total. The molecule has 3 aromatic rings. The van der Waals surface area contributed by atoms with Crippen molar-refractivity contribution in [1.82, 2.24) is 19.5 Å². The molecule has 26 heavy (non-hydrogen) atoms. The van der Waals surface area contributed by atoms with Crippen molar-refractivity contribution in [1.29, 1.82) is 0 Å². The minimum Gasteiger partial charge on any atom is -0.493 e. The number of nitrogens with zero attached hydrogens (tertiary/aromatic N) is 4. The molecule has 134 valence electrons. The Bertz CT molecular complexity index is 923. The number of hydrogen-bond donors (Lipinski definition) is 2. The smallest absolute Gasteiger partial charge is 0.339 e. The Labute approximate surface area is 150 Å². The van der Waals surface area contributed by atoms with Crippen molar-refractivity contribution in [2.75, 3.05) is 11.9 Å². The zero-order valence-electron chi connectivity index (χ0n) is 14.5. The quantitative estimate of drug-likeness (QED) is 0.673. The van der Waals surface area contributed by atoms with Gasteiger partial charge in [0.05, 0.1) is 18.8 Å². The summed E-state index contributed by atoms with van der Waals surface area (Å²) in [7, 11) is 1.91. The van der Waals surface area contributed by atoms with Crippen LogP contribution in [0.4, 0.5) is 5.95 Å². The van der Waals surface area contributed by atoms with Crippen LogP contribution in [0.2, 0.25) is 0 Å². The first-order chi connectivity index (χ1) is 12.6. The van der Waals surface area contributed by atoms with E-state index in [9.17, 15) is 9.90 Å². The van der Waals surface area contributed by atoms with Crippen LogP contribution in [0, 0.1) is 0 Å². The summed E-state index contributed by atoms with van der Waals surface area (Å²) in [6.07, 6.45) is 5.21. The Morgan fingerprint density at radius 1 is 1.27 bits per heavy atom. The van der Waals surface area contributed by atoms with Gasteiger partial charge in [0, 0.05) is 31.2 Å². The first-order valence-corrected chi connectivity index (χ1v) is 8.12. The van der Waals surface area contributed by atoms with Crippen LogP contribution in [-0.4, -0.2) is 37.2 Å². The van der Waals surface area contributed by atoms with Crippen molar-refractivity contribution in [2.45, 2.75) is 13.5 Å². The number of rotatable bonds is 7. The third-order valence-corrected chi connectivity index (χ3v) is 3.79. The van der Waals surface area contributed by atoms with Crippen LogP contribution in [-0.2, 0) is 13.6 Å². The molecule has 2 heterocycles. The normalized spacial score (nSPS) is 10.5. The number of carbonyl (C=O) groups is 1. The summed E-state index contributed by atoms with van der Waals surface area (Å²) in [5, 5.41) is 12.5.